The first-order chi connectivity index (χ1) is 17.0. The van der Waals surface area contributed by atoms with Crippen molar-refractivity contribution in [1.82, 2.24) is 20.1 Å². The zero-order chi connectivity index (χ0) is 24.8. The molecule has 178 valence electrons. The van der Waals surface area contributed by atoms with Crippen LogP contribution < -0.4 is 20.2 Å². The predicted octanol–water partition coefficient (Wildman–Crippen LogP) is 4.01. The fraction of sp³-hybridized carbons (Fsp3) is 0.185. The first-order valence-corrected chi connectivity index (χ1v) is 11.1. The SMILES string of the molecule is COc1cc(C(C)NC(=O)c2nn(-c3ccccc3)c(C)cc2=O)ccc1OCc1ccncc1. The van der Waals surface area contributed by atoms with Crippen LogP contribution in [-0.4, -0.2) is 27.8 Å². The number of hydrogen-bond acceptors (Lipinski definition) is 6. The van der Waals surface area contributed by atoms with Crippen molar-refractivity contribution in [2.24, 2.45) is 0 Å². The maximum Gasteiger partial charge on any atom is 0.276 e. The van der Waals surface area contributed by atoms with Crippen LogP contribution >= 0.6 is 0 Å². The lowest BCUT2D eigenvalue weighted by Gasteiger charge is -2.17. The first-order valence-electron chi connectivity index (χ1n) is 11.1. The summed E-state index contributed by atoms with van der Waals surface area (Å²) in [6, 6.07) is 19.6. The van der Waals surface area contributed by atoms with Gasteiger partial charge in [0, 0.05) is 24.2 Å². The van der Waals surface area contributed by atoms with Crippen LogP contribution in [0.2, 0.25) is 0 Å². The van der Waals surface area contributed by atoms with Gasteiger partial charge in [0.25, 0.3) is 5.91 Å². The Labute approximate surface area is 203 Å². The average Bonchev–Trinajstić information content (AvgIpc) is 2.88. The summed E-state index contributed by atoms with van der Waals surface area (Å²) in [5.41, 5.74) is 2.57. The third-order valence-corrected chi connectivity index (χ3v) is 5.50. The van der Waals surface area contributed by atoms with Crippen LogP contribution in [0.1, 0.15) is 40.3 Å². The normalized spacial score (nSPS) is 11.5. The third-order valence-electron chi connectivity index (χ3n) is 5.50. The van der Waals surface area contributed by atoms with E-state index in [1.54, 1.807) is 43.2 Å². The van der Waals surface area contributed by atoms with Crippen molar-refractivity contribution >= 4 is 5.91 Å². The molecule has 1 atom stereocenters. The summed E-state index contributed by atoms with van der Waals surface area (Å²) < 4.78 is 13.0. The van der Waals surface area contributed by atoms with E-state index in [4.69, 9.17) is 9.47 Å². The summed E-state index contributed by atoms with van der Waals surface area (Å²) in [7, 11) is 1.56. The number of pyridine rings is 1. The van der Waals surface area contributed by atoms with Crippen molar-refractivity contribution in [3.63, 3.8) is 0 Å². The summed E-state index contributed by atoms with van der Waals surface area (Å²) in [5.74, 6) is 0.569. The van der Waals surface area contributed by atoms with Crippen LogP contribution in [0.4, 0.5) is 0 Å². The molecule has 0 saturated carbocycles. The molecule has 2 heterocycles. The lowest BCUT2D eigenvalue weighted by Crippen LogP contribution is -2.33. The summed E-state index contributed by atoms with van der Waals surface area (Å²) in [6.07, 6.45) is 3.42. The van der Waals surface area contributed by atoms with Gasteiger partial charge in [-0.25, -0.2) is 4.68 Å². The van der Waals surface area contributed by atoms with Gasteiger partial charge in [0.2, 0.25) is 5.43 Å². The minimum Gasteiger partial charge on any atom is -0.493 e. The number of methoxy groups -OCH3 is 1. The number of carbonyl (C=O) groups excluding carboxylic acids is 1. The van der Waals surface area contributed by atoms with E-state index in [0.717, 1.165) is 16.8 Å². The molecule has 4 aromatic rings. The molecule has 2 aromatic heterocycles. The molecule has 8 nitrogen and oxygen atoms in total. The molecule has 0 aliphatic heterocycles. The van der Waals surface area contributed by atoms with Crippen molar-refractivity contribution < 1.29 is 14.3 Å². The van der Waals surface area contributed by atoms with E-state index in [1.165, 1.54) is 6.07 Å². The molecule has 0 bridgehead atoms. The number of aromatic nitrogens is 3. The smallest absolute Gasteiger partial charge is 0.276 e. The number of nitrogens with zero attached hydrogens (tertiary/aromatic N) is 3. The van der Waals surface area contributed by atoms with Gasteiger partial charge >= 0.3 is 0 Å². The molecule has 1 unspecified atom stereocenters. The lowest BCUT2D eigenvalue weighted by atomic mass is 10.1. The zero-order valence-electron chi connectivity index (χ0n) is 19.8. The van der Waals surface area contributed by atoms with Gasteiger partial charge in [-0.15, -0.1) is 0 Å². The van der Waals surface area contributed by atoms with E-state index in [9.17, 15) is 9.59 Å². The molecule has 1 N–H and O–H groups in total. The summed E-state index contributed by atoms with van der Waals surface area (Å²) >= 11 is 0. The minimum atomic E-state index is -0.552. The standard InChI is InChI=1S/C27H26N4O4/c1-18-15-23(32)26(30-31(18)22-7-5-4-6-8-22)27(33)29-19(2)21-9-10-24(25(16-21)34-3)35-17-20-11-13-28-14-12-20/h4-16,19H,17H2,1-3H3,(H,29,33). The molecule has 35 heavy (non-hydrogen) atoms. The van der Waals surface area contributed by atoms with Gasteiger partial charge in [0.1, 0.15) is 6.61 Å². The Morgan fingerprint density at radius 1 is 1.03 bits per heavy atom. The van der Waals surface area contributed by atoms with E-state index in [0.29, 0.717) is 23.8 Å². The zero-order valence-corrected chi connectivity index (χ0v) is 19.8. The predicted molar refractivity (Wildman–Crippen MR) is 132 cm³/mol. The van der Waals surface area contributed by atoms with Crippen molar-refractivity contribution in [1.29, 1.82) is 0 Å². The Morgan fingerprint density at radius 3 is 2.49 bits per heavy atom. The van der Waals surface area contributed by atoms with Crippen LogP contribution in [-0.2, 0) is 6.61 Å². The fourth-order valence-electron chi connectivity index (χ4n) is 3.60. The second-order valence-electron chi connectivity index (χ2n) is 8.00. The van der Waals surface area contributed by atoms with E-state index >= 15 is 0 Å². The molecule has 0 fully saturated rings. The topological polar surface area (TPSA) is 95.3 Å². The van der Waals surface area contributed by atoms with E-state index in [1.807, 2.05) is 55.5 Å². The molecule has 8 heteroatoms. The molecule has 0 spiro atoms. The van der Waals surface area contributed by atoms with Gasteiger partial charge < -0.3 is 14.8 Å². The van der Waals surface area contributed by atoms with Gasteiger partial charge in [-0.2, -0.15) is 5.10 Å². The van der Waals surface area contributed by atoms with Crippen LogP contribution in [0.15, 0.2) is 83.9 Å². The van der Waals surface area contributed by atoms with Gasteiger partial charge in [-0.3, -0.25) is 14.6 Å². The highest BCUT2D eigenvalue weighted by atomic mass is 16.5. The van der Waals surface area contributed by atoms with Gasteiger partial charge in [-0.05, 0) is 61.4 Å². The number of nitrogens with one attached hydrogen (secondary N) is 1. The quantitative estimate of drug-likeness (QED) is 0.418. The fourth-order valence-corrected chi connectivity index (χ4v) is 3.60. The Kier molecular flexibility index (Phi) is 7.21. The molecule has 0 aliphatic rings. The Hall–Kier alpha value is -4.46. The first kappa shape index (κ1) is 23.7. The minimum absolute atomic E-state index is 0.171. The number of aryl methyl sites for hydroxylation is 1. The number of ether oxygens (including phenoxy) is 2. The lowest BCUT2D eigenvalue weighted by molar-refractivity contribution is 0.0931. The van der Waals surface area contributed by atoms with E-state index in [2.05, 4.69) is 15.4 Å². The largest absolute Gasteiger partial charge is 0.493 e. The average molecular weight is 471 g/mol. The molecule has 0 radical (unpaired) electrons. The third kappa shape index (κ3) is 5.55. The monoisotopic (exact) mass is 470 g/mol. The molecule has 0 saturated heterocycles. The maximum absolute atomic E-state index is 13.0. The van der Waals surface area contributed by atoms with E-state index in [-0.39, 0.29) is 5.69 Å². The van der Waals surface area contributed by atoms with Crippen molar-refractivity contribution in [3.8, 4) is 17.2 Å². The molecule has 4 rings (SSSR count). The molecule has 2 aromatic carbocycles. The number of rotatable bonds is 8. The number of carbonyl (C=O) groups is 1. The second-order valence-corrected chi connectivity index (χ2v) is 8.00. The molecule has 0 aliphatic carbocycles. The van der Waals surface area contributed by atoms with Crippen LogP contribution in [0.25, 0.3) is 5.69 Å². The van der Waals surface area contributed by atoms with Crippen LogP contribution in [0.5, 0.6) is 11.5 Å². The van der Waals surface area contributed by atoms with E-state index < -0.39 is 17.4 Å². The highest BCUT2D eigenvalue weighted by molar-refractivity contribution is 5.92. The summed E-state index contributed by atoms with van der Waals surface area (Å²) in [5, 5.41) is 7.19. The van der Waals surface area contributed by atoms with Crippen molar-refractivity contribution in [2.75, 3.05) is 7.11 Å². The molecular formula is C27H26N4O4. The van der Waals surface area contributed by atoms with Gasteiger partial charge in [0.05, 0.1) is 18.8 Å². The number of hydrogen-bond donors (Lipinski definition) is 1. The highest BCUT2D eigenvalue weighted by Gasteiger charge is 2.19. The Bertz CT molecular complexity index is 1370. The number of amides is 1. The number of para-hydroxylation sites is 1. The highest BCUT2D eigenvalue weighted by Crippen LogP contribution is 2.31. The molecular weight excluding hydrogens is 444 g/mol. The van der Waals surface area contributed by atoms with Gasteiger partial charge in [-0.1, -0.05) is 24.3 Å². The van der Waals surface area contributed by atoms with Crippen molar-refractivity contribution in [3.05, 3.63) is 112 Å². The second kappa shape index (κ2) is 10.6. The van der Waals surface area contributed by atoms with Crippen LogP contribution in [0, 0.1) is 6.92 Å². The van der Waals surface area contributed by atoms with Crippen LogP contribution in [0.3, 0.4) is 0 Å². The summed E-state index contributed by atoms with van der Waals surface area (Å²) in [4.78, 5) is 29.5. The maximum atomic E-state index is 13.0. The van der Waals surface area contributed by atoms with Crippen molar-refractivity contribution in [2.45, 2.75) is 26.5 Å². The number of benzene rings is 2. The Morgan fingerprint density at radius 2 is 1.77 bits per heavy atom. The Balaban J connectivity index is 1.51. The molecule has 1 amide bonds. The summed E-state index contributed by atoms with van der Waals surface area (Å²) in [6.45, 7) is 3.97. The van der Waals surface area contributed by atoms with Gasteiger partial charge in [0.15, 0.2) is 17.2 Å².